The van der Waals surface area contributed by atoms with Gasteiger partial charge in [-0.3, -0.25) is 0 Å². The van der Waals surface area contributed by atoms with E-state index >= 15 is 0 Å². The molecular weight excluding hydrogens is 236 g/mol. The minimum Gasteiger partial charge on any atom is -0.518 e. The van der Waals surface area contributed by atoms with Gasteiger partial charge in [-0.2, -0.15) is 29.8 Å². The van der Waals surface area contributed by atoms with Gasteiger partial charge in [-0.25, -0.2) is 0 Å². The van der Waals surface area contributed by atoms with E-state index in [9.17, 15) is 0 Å². The minimum absolute atomic E-state index is 0. The Bertz CT molecular complexity index is 215. The molecule has 0 saturated heterocycles. The molecule has 0 aromatic heterocycles. The Hall–Kier alpha value is 0.414. The molecule has 11 heavy (non-hydrogen) atoms. The van der Waals surface area contributed by atoms with Crippen molar-refractivity contribution in [3.8, 4) is 5.75 Å². The molecule has 0 amide bonds. The van der Waals surface area contributed by atoms with Crippen molar-refractivity contribution in [2.75, 3.05) is 6.61 Å². The second-order valence-electron chi connectivity index (χ2n) is 1.79. The monoisotopic (exact) mass is 244 g/mol. The number of halogens is 1. The third-order valence-electron chi connectivity index (χ3n) is 1.08. The van der Waals surface area contributed by atoms with Gasteiger partial charge in [0.1, 0.15) is 0 Å². The fourth-order valence-electron chi connectivity index (χ4n) is 0.668. The topological polar surface area (TPSA) is 9.23 Å². The largest absolute Gasteiger partial charge is 0.518 e. The molecule has 57 valence electrons. The Balaban J connectivity index is 0.000001000. The third-order valence-corrected chi connectivity index (χ3v) is 1.37. The molecule has 0 saturated carbocycles. The van der Waals surface area contributed by atoms with Gasteiger partial charge in [-0.05, 0) is 11.9 Å². The maximum absolute atomic E-state index is 5.75. The van der Waals surface area contributed by atoms with Crippen LogP contribution in [-0.4, -0.2) is 6.61 Å². The standard InChI is InChI=1S/C8H8ClO.Y/c1-2-10-8-6-4-3-5-7(8)9;/h4-6H,2H2,1H3;/q-1;. The Labute approximate surface area is 97.0 Å². The molecule has 0 N–H and O–H groups in total. The maximum Gasteiger partial charge on any atom is 0.0823 e. The Morgan fingerprint density at radius 3 is 2.91 bits per heavy atom. The average Bonchev–Trinajstić information content (AvgIpc) is 1.94. The summed E-state index contributed by atoms with van der Waals surface area (Å²) in [4.78, 5) is 0. The van der Waals surface area contributed by atoms with Gasteiger partial charge in [0.2, 0.25) is 0 Å². The van der Waals surface area contributed by atoms with E-state index < -0.39 is 0 Å². The second-order valence-corrected chi connectivity index (χ2v) is 2.20. The molecule has 0 atom stereocenters. The SMILES string of the molecule is CCOc1cc[c-]cc1Cl.[Y]. The molecule has 0 aliphatic rings. The first-order valence-electron chi connectivity index (χ1n) is 3.13. The van der Waals surface area contributed by atoms with Crippen molar-refractivity contribution < 1.29 is 37.4 Å². The molecule has 0 aliphatic heterocycles. The molecule has 1 rings (SSSR count). The van der Waals surface area contributed by atoms with Crippen LogP contribution in [0.1, 0.15) is 6.92 Å². The van der Waals surface area contributed by atoms with Crippen molar-refractivity contribution in [1.29, 1.82) is 0 Å². The first-order valence-corrected chi connectivity index (χ1v) is 3.50. The summed E-state index contributed by atoms with van der Waals surface area (Å²) in [6.45, 7) is 2.57. The van der Waals surface area contributed by atoms with E-state index in [0.717, 1.165) is 5.75 Å². The van der Waals surface area contributed by atoms with Crippen LogP contribution in [-0.2, 0) is 32.7 Å². The van der Waals surface area contributed by atoms with Crippen molar-refractivity contribution in [2.24, 2.45) is 0 Å². The van der Waals surface area contributed by atoms with Crippen molar-refractivity contribution in [3.05, 3.63) is 29.3 Å². The van der Waals surface area contributed by atoms with Crippen LogP contribution < -0.4 is 4.74 Å². The summed E-state index contributed by atoms with van der Waals surface area (Å²) in [6.07, 6.45) is 0. The third kappa shape index (κ3) is 3.55. The number of benzene rings is 1. The molecule has 0 aliphatic carbocycles. The van der Waals surface area contributed by atoms with Crippen molar-refractivity contribution in [2.45, 2.75) is 6.92 Å². The van der Waals surface area contributed by atoms with Crippen LogP contribution in [0.25, 0.3) is 0 Å². The summed E-state index contributed by atoms with van der Waals surface area (Å²) in [6, 6.07) is 8.11. The molecule has 1 aromatic rings. The summed E-state index contributed by atoms with van der Waals surface area (Å²) < 4.78 is 5.18. The number of ether oxygens (including phenoxy) is 1. The molecule has 1 nitrogen and oxygen atoms in total. The zero-order chi connectivity index (χ0) is 7.40. The van der Waals surface area contributed by atoms with E-state index in [1.54, 1.807) is 18.2 Å². The zero-order valence-corrected chi connectivity index (χ0v) is 9.90. The second kappa shape index (κ2) is 5.99. The van der Waals surface area contributed by atoms with Gasteiger partial charge in [-0.1, -0.05) is 0 Å². The normalized spacial score (nSPS) is 8.55. The van der Waals surface area contributed by atoms with E-state index in [1.807, 2.05) is 6.92 Å². The van der Waals surface area contributed by atoms with Gasteiger partial charge in [0.05, 0.1) is 6.61 Å². The predicted molar refractivity (Wildman–Crippen MR) is 41.5 cm³/mol. The molecule has 3 heteroatoms. The van der Waals surface area contributed by atoms with Crippen molar-refractivity contribution in [1.82, 2.24) is 0 Å². The number of rotatable bonds is 2. The van der Waals surface area contributed by atoms with E-state index in [0.29, 0.717) is 11.6 Å². The number of hydrogen-bond acceptors (Lipinski definition) is 1. The molecule has 1 radical (unpaired) electrons. The molecule has 1 aromatic carbocycles. The Morgan fingerprint density at radius 1 is 1.64 bits per heavy atom. The predicted octanol–water partition coefficient (Wildman–Crippen LogP) is 2.54. The van der Waals surface area contributed by atoms with Gasteiger partial charge in [0.15, 0.2) is 0 Å². The summed E-state index contributed by atoms with van der Waals surface area (Å²) in [7, 11) is 0. The van der Waals surface area contributed by atoms with Crippen LogP contribution in [0.5, 0.6) is 5.75 Å². The summed E-state index contributed by atoms with van der Waals surface area (Å²) >= 11 is 5.75. The molecule has 0 heterocycles. The molecule has 0 spiro atoms. The van der Waals surface area contributed by atoms with Gasteiger partial charge in [0, 0.05) is 38.5 Å². The van der Waals surface area contributed by atoms with Gasteiger partial charge >= 0.3 is 0 Å². The van der Waals surface area contributed by atoms with Crippen LogP contribution >= 0.6 is 11.6 Å². The first kappa shape index (κ1) is 11.4. The molecule has 0 bridgehead atoms. The van der Waals surface area contributed by atoms with E-state index in [2.05, 4.69) is 6.07 Å². The zero-order valence-electron chi connectivity index (χ0n) is 6.30. The summed E-state index contributed by atoms with van der Waals surface area (Å²) in [5, 5.41) is 0.615. The van der Waals surface area contributed by atoms with E-state index in [1.165, 1.54) is 0 Å². The van der Waals surface area contributed by atoms with Gasteiger partial charge < -0.3 is 4.74 Å². The van der Waals surface area contributed by atoms with Crippen molar-refractivity contribution >= 4 is 11.6 Å². The van der Waals surface area contributed by atoms with E-state index in [4.69, 9.17) is 16.3 Å². The summed E-state index contributed by atoms with van der Waals surface area (Å²) in [5.41, 5.74) is 0. The van der Waals surface area contributed by atoms with Gasteiger partial charge in [-0.15, -0.1) is 6.07 Å². The Kier molecular flexibility index (Phi) is 6.21. The maximum atomic E-state index is 5.75. The van der Waals surface area contributed by atoms with Gasteiger partial charge in [0.25, 0.3) is 0 Å². The quantitative estimate of drug-likeness (QED) is 0.727. The Morgan fingerprint density at radius 2 is 2.36 bits per heavy atom. The average molecular weight is 245 g/mol. The van der Waals surface area contributed by atoms with E-state index in [-0.39, 0.29) is 32.7 Å². The molecule has 0 unspecified atom stereocenters. The smallest absolute Gasteiger partial charge is 0.0823 e. The molecular formula is C8H8ClOY-. The fourth-order valence-corrected chi connectivity index (χ4v) is 0.849. The first-order chi connectivity index (χ1) is 4.84. The minimum atomic E-state index is 0. The van der Waals surface area contributed by atoms with Crippen LogP contribution in [0.15, 0.2) is 18.2 Å². The van der Waals surface area contributed by atoms with Crippen LogP contribution in [0.3, 0.4) is 0 Å². The van der Waals surface area contributed by atoms with Crippen LogP contribution in [0.2, 0.25) is 5.02 Å². The molecule has 0 fully saturated rings. The number of hydrogen-bond donors (Lipinski definition) is 0. The summed E-state index contributed by atoms with van der Waals surface area (Å²) in [5.74, 6) is 0.725. The van der Waals surface area contributed by atoms with Crippen molar-refractivity contribution in [3.63, 3.8) is 0 Å². The van der Waals surface area contributed by atoms with Crippen LogP contribution in [0.4, 0.5) is 0 Å². The van der Waals surface area contributed by atoms with Crippen LogP contribution in [0, 0.1) is 6.07 Å². The fraction of sp³-hybridized carbons (Fsp3) is 0.250.